The van der Waals surface area contributed by atoms with Crippen LogP contribution >= 0.6 is 0 Å². The van der Waals surface area contributed by atoms with Gasteiger partial charge in [0.1, 0.15) is 12.1 Å². The highest BCUT2D eigenvalue weighted by atomic mass is 19.4. The molecule has 10 heteroatoms. The van der Waals surface area contributed by atoms with Gasteiger partial charge in [-0.25, -0.2) is 9.97 Å². The second kappa shape index (κ2) is 11.9. The number of aromatic nitrogens is 2. The number of halogens is 3. The summed E-state index contributed by atoms with van der Waals surface area (Å²) in [4.78, 5) is 20.6. The molecule has 0 aliphatic heterocycles. The number of anilines is 2. The van der Waals surface area contributed by atoms with E-state index in [0.717, 1.165) is 17.8 Å². The fourth-order valence-electron chi connectivity index (χ4n) is 4.28. The van der Waals surface area contributed by atoms with Crippen molar-refractivity contribution in [2.45, 2.75) is 38.3 Å². The van der Waals surface area contributed by atoms with Gasteiger partial charge < -0.3 is 20.1 Å². The summed E-state index contributed by atoms with van der Waals surface area (Å²) in [7, 11) is 1.35. The van der Waals surface area contributed by atoms with E-state index in [1.807, 2.05) is 24.3 Å². The lowest BCUT2D eigenvalue weighted by atomic mass is 9.89. The maximum atomic E-state index is 12.6. The minimum absolute atomic E-state index is 0.0594. The van der Waals surface area contributed by atoms with Crippen LogP contribution in [0.4, 0.5) is 24.7 Å². The van der Waals surface area contributed by atoms with Crippen LogP contribution in [0.3, 0.4) is 0 Å². The number of benzene rings is 2. The van der Waals surface area contributed by atoms with Crippen molar-refractivity contribution in [3.8, 4) is 11.5 Å². The molecule has 0 atom stereocenters. The molecule has 1 saturated carbocycles. The molecule has 3 aromatic rings. The van der Waals surface area contributed by atoms with Crippen molar-refractivity contribution in [1.82, 2.24) is 15.3 Å². The van der Waals surface area contributed by atoms with Gasteiger partial charge in [-0.2, -0.15) is 13.2 Å². The van der Waals surface area contributed by atoms with E-state index in [0.29, 0.717) is 22.6 Å². The van der Waals surface area contributed by atoms with Crippen LogP contribution in [0.2, 0.25) is 0 Å². The van der Waals surface area contributed by atoms with Gasteiger partial charge in [0.15, 0.2) is 18.1 Å². The summed E-state index contributed by atoms with van der Waals surface area (Å²) < 4.78 is 47.9. The first-order chi connectivity index (χ1) is 17.8. The number of rotatable bonds is 9. The summed E-state index contributed by atoms with van der Waals surface area (Å²) in [6.07, 6.45) is 6.27. The third kappa shape index (κ3) is 7.58. The van der Waals surface area contributed by atoms with Gasteiger partial charge in [0.05, 0.1) is 12.6 Å². The van der Waals surface area contributed by atoms with Crippen LogP contribution in [0.25, 0.3) is 17.0 Å². The Labute approximate surface area is 213 Å². The molecule has 1 aromatic heterocycles. The van der Waals surface area contributed by atoms with Crippen LogP contribution in [0.1, 0.15) is 37.7 Å². The maximum absolute atomic E-state index is 12.6. The van der Waals surface area contributed by atoms with E-state index in [1.165, 1.54) is 63.7 Å². The van der Waals surface area contributed by atoms with E-state index in [1.54, 1.807) is 6.08 Å². The van der Waals surface area contributed by atoms with Gasteiger partial charge in [-0.05, 0) is 48.6 Å². The van der Waals surface area contributed by atoms with E-state index in [4.69, 9.17) is 9.47 Å². The lowest BCUT2D eigenvalue weighted by molar-refractivity contribution is -0.153. The third-order valence-corrected chi connectivity index (χ3v) is 6.20. The van der Waals surface area contributed by atoms with Crippen molar-refractivity contribution < 1.29 is 27.4 Å². The van der Waals surface area contributed by atoms with E-state index < -0.39 is 12.8 Å². The number of methoxy groups -OCH3 is 1. The van der Waals surface area contributed by atoms with Crippen LogP contribution in [0, 0.1) is 5.92 Å². The molecule has 0 bridgehead atoms. The van der Waals surface area contributed by atoms with Gasteiger partial charge in [-0.15, -0.1) is 0 Å². The van der Waals surface area contributed by atoms with Crippen LogP contribution < -0.4 is 20.1 Å². The minimum Gasteiger partial charge on any atom is -0.493 e. The van der Waals surface area contributed by atoms with Crippen molar-refractivity contribution in [3.63, 3.8) is 0 Å². The van der Waals surface area contributed by atoms with E-state index in [9.17, 15) is 18.0 Å². The fourth-order valence-corrected chi connectivity index (χ4v) is 4.28. The smallest absolute Gasteiger partial charge is 0.422 e. The van der Waals surface area contributed by atoms with Gasteiger partial charge in [0, 0.05) is 29.8 Å². The number of hydrogen-bond donors (Lipinski definition) is 2. The zero-order valence-electron chi connectivity index (χ0n) is 20.5. The highest BCUT2D eigenvalue weighted by Gasteiger charge is 2.29. The number of hydrogen-bond acceptors (Lipinski definition) is 6. The molecule has 37 heavy (non-hydrogen) atoms. The number of nitrogens with one attached hydrogen (secondary N) is 2. The zero-order valence-corrected chi connectivity index (χ0v) is 20.5. The predicted octanol–water partition coefficient (Wildman–Crippen LogP) is 6.03. The number of fused-ring (bicyclic) bond motifs is 1. The van der Waals surface area contributed by atoms with Gasteiger partial charge in [-0.1, -0.05) is 31.4 Å². The Morgan fingerprint density at radius 2 is 1.84 bits per heavy atom. The first-order valence-electron chi connectivity index (χ1n) is 12.2. The highest BCUT2D eigenvalue weighted by Crippen LogP contribution is 2.35. The van der Waals surface area contributed by atoms with Crippen molar-refractivity contribution >= 4 is 34.4 Å². The summed E-state index contributed by atoms with van der Waals surface area (Å²) in [6.45, 7) is -0.715. The molecule has 0 unspecified atom stereocenters. The summed E-state index contributed by atoms with van der Waals surface area (Å²) in [6, 6.07) is 10.3. The van der Waals surface area contributed by atoms with Gasteiger partial charge in [-0.3, -0.25) is 4.79 Å². The molecule has 7 nitrogen and oxygen atoms in total. The Morgan fingerprint density at radius 3 is 2.54 bits per heavy atom. The standard InChI is InChI=1S/C27H29F3N4O3/c1-36-23-13-21-22(14-24(23)37-16-27(28,29)30)32-17-33-26(21)34-20-10-7-18(8-11-20)9-12-25(35)31-15-19-5-3-2-4-6-19/h7-14,17,19H,2-6,15-16H2,1H3,(H,31,35)(H,32,33,34). The molecular formula is C27H29F3N4O3. The minimum atomic E-state index is -4.47. The molecule has 2 aromatic carbocycles. The number of carbonyl (C=O) groups is 1. The molecule has 1 aliphatic rings. The highest BCUT2D eigenvalue weighted by molar-refractivity contribution is 5.93. The first-order valence-corrected chi connectivity index (χ1v) is 12.2. The van der Waals surface area contributed by atoms with Gasteiger partial charge in [0.25, 0.3) is 0 Å². The van der Waals surface area contributed by atoms with Crippen LogP contribution in [-0.4, -0.2) is 42.3 Å². The molecule has 2 N–H and O–H groups in total. The quantitative estimate of drug-likeness (QED) is 0.339. The summed E-state index contributed by atoms with van der Waals surface area (Å²) in [5, 5.41) is 6.73. The predicted molar refractivity (Wildman–Crippen MR) is 136 cm³/mol. The summed E-state index contributed by atoms with van der Waals surface area (Å²) in [5.41, 5.74) is 1.99. The molecule has 0 spiro atoms. The molecule has 196 valence electrons. The van der Waals surface area contributed by atoms with E-state index >= 15 is 0 Å². The average Bonchev–Trinajstić information content (AvgIpc) is 2.90. The maximum Gasteiger partial charge on any atom is 0.422 e. The molecule has 0 saturated heterocycles. The van der Waals surface area contributed by atoms with Crippen LogP contribution in [0.15, 0.2) is 48.8 Å². The molecule has 1 heterocycles. The van der Waals surface area contributed by atoms with Gasteiger partial charge >= 0.3 is 6.18 Å². The Balaban J connectivity index is 1.41. The Hall–Kier alpha value is -3.82. The Kier molecular flexibility index (Phi) is 8.47. The Bertz CT molecular complexity index is 1240. The van der Waals surface area contributed by atoms with Crippen molar-refractivity contribution in [2.24, 2.45) is 5.92 Å². The fraction of sp³-hybridized carbons (Fsp3) is 0.370. The molecule has 1 amide bonds. The SMILES string of the molecule is COc1cc2c(Nc3ccc(C=CC(=O)NCC4CCCCC4)cc3)ncnc2cc1OCC(F)(F)F. The second-order valence-corrected chi connectivity index (χ2v) is 8.98. The monoisotopic (exact) mass is 514 g/mol. The first kappa shape index (κ1) is 26.2. The number of amides is 1. The van der Waals surface area contributed by atoms with Crippen molar-refractivity contribution in [2.75, 3.05) is 25.6 Å². The summed E-state index contributed by atoms with van der Waals surface area (Å²) >= 11 is 0. The van der Waals surface area contributed by atoms with E-state index in [-0.39, 0.29) is 17.4 Å². The lowest BCUT2D eigenvalue weighted by Crippen LogP contribution is -2.28. The number of alkyl halides is 3. The molecule has 1 aliphatic carbocycles. The number of nitrogens with zero attached hydrogens (tertiary/aromatic N) is 2. The number of ether oxygens (including phenoxy) is 2. The van der Waals surface area contributed by atoms with Crippen molar-refractivity contribution in [3.05, 3.63) is 54.4 Å². The molecule has 4 rings (SSSR count). The van der Waals surface area contributed by atoms with Crippen molar-refractivity contribution in [1.29, 1.82) is 0 Å². The normalized spacial score (nSPS) is 14.6. The molecular weight excluding hydrogens is 485 g/mol. The summed E-state index contributed by atoms with van der Waals surface area (Å²) in [5.74, 6) is 1.00. The largest absolute Gasteiger partial charge is 0.493 e. The number of carbonyl (C=O) groups excluding carboxylic acids is 1. The average molecular weight is 515 g/mol. The van der Waals surface area contributed by atoms with E-state index in [2.05, 4.69) is 20.6 Å². The second-order valence-electron chi connectivity index (χ2n) is 8.98. The third-order valence-electron chi connectivity index (χ3n) is 6.20. The lowest BCUT2D eigenvalue weighted by Gasteiger charge is -2.21. The van der Waals surface area contributed by atoms with Crippen LogP contribution in [-0.2, 0) is 4.79 Å². The zero-order chi connectivity index (χ0) is 26.3. The molecule has 0 radical (unpaired) electrons. The Morgan fingerprint density at radius 1 is 1.08 bits per heavy atom. The van der Waals surface area contributed by atoms with Gasteiger partial charge in [0.2, 0.25) is 5.91 Å². The van der Waals surface area contributed by atoms with Crippen LogP contribution in [0.5, 0.6) is 11.5 Å². The molecule has 1 fully saturated rings. The topological polar surface area (TPSA) is 85.4 Å².